The van der Waals surface area contributed by atoms with Gasteiger partial charge in [0, 0.05) is 10.9 Å². The highest BCUT2D eigenvalue weighted by Crippen LogP contribution is 2.22. The molecule has 0 radical (unpaired) electrons. The van der Waals surface area contributed by atoms with Crippen molar-refractivity contribution in [3.8, 4) is 17.0 Å². The minimum absolute atomic E-state index is 0.243. The summed E-state index contributed by atoms with van der Waals surface area (Å²) in [6.45, 7) is 0.365. The summed E-state index contributed by atoms with van der Waals surface area (Å²) < 4.78 is 5.63. The summed E-state index contributed by atoms with van der Waals surface area (Å²) in [7, 11) is 0. The van der Waals surface area contributed by atoms with Gasteiger partial charge >= 0.3 is 5.97 Å². The van der Waals surface area contributed by atoms with E-state index in [-0.39, 0.29) is 5.56 Å². The summed E-state index contributed by atoms with van der Waals surface area (Å²) in [5.41, 5.74) is 2.26. The van der Waals surface area contributed by atoms with Gasteiger partial charge in [0.2, 0.25) is 0 Å². The number of hydrogen-bond acceptors (Lipinski definition) is 4. The molecule has 0 bridgehead atoms. The van der Waals surface area contributed by atoms with E-state index in [0.29, 0.717) is 12.4 Å². The maximum Gasteiger partial charge on any atom is 0.335 e. The van der Waals surface area contributed by atoms with Gasteiger partial charge in [-0.05, 0) is 24.3 Å². The lowest BCUT2D eigenvalue weighted by atomic mass is 10.2. The summed E-state index contributed by atoms with van der Waals surface area (Å²) in [6.07, 6.45) is 0. The third-order valence-electron chi connectivity index (χ3n) is 3.08. The number of ether oxygens (including phenoxy) is 1. The fourth-order valence-corrected chi connectivity index (χ4v) is 2.67. The topological polar surface area (TPSA) is 59.4 Å². The minimum atomic E-state index is -0.945. The Bertz CT molecular complexity index is 766. The van der Waals surface area contributed by atoms with Crippen molar-refractivity contribution in [2.45, 2.75) is 6.61 Å². The predicted octanol–water partition coefficient (Wildman–Crippen LogP) is 4.09. The second-order valence-corrected chi connectivity index (χ2v) is 5.55. The lowest BCUT2D eigenvalue weighted by Gasteiger charge is -2.04. The van der Waals surface area contributed by atoms with E-state index in [2.05, 4.69) is 4.98 Å². The van der Waals surface area contributed by atoms with Crippen LogP contribution in [0.5, 0.6) is 5.75 Å². The van der Waals surface area contributed by atoms with Gasteiger partial charge in [0.05, 0.1) is 11.3 Å². The minimum Gasteiger partial charge on any atom is -0.486 e. The summed E-state index contributed by atoms with van der Waals surface area (Å²) in [5, 5.41) is 11.7. The Hall–Kier alpha value is -2.66. The number of hydrogen-bond donors (Lipinski definition) is 1. The highest BCUT2D eigenvalue weighted by Gasteiger charge is 2.06. The fraction of sp³-hybridized carbons (Fsp3) is 0.0588. The number of thiazole rings is 1. The van der Waals surface area contributed by atoms with E-state index in [9.17, 15) is 4.79 Å². The van der Waals surface area contributed by atoms with Crippen molar-refractivity contribution in [3.05, 3.63) is 70.5 Å². The molecular formula is C17H13NO3S. The van der Waals surface area contributed by atoms with Crippen LogP contribution in [0.2, 0.25) is 0 Å². The van der Waals surface area contributed by atoms with Gasteiger partial charge in [0.1, 0.15) is 17.4 Å². The molecule has 0 unspecified atom stereocenters. The third-order valence-corrected chi connectivity index (χ3v) is 3.91. The average Bonchev–Trinajstić information content (AvgIpc) is 3.03. The number of aromatic carboxylic acids is 1. The van der Waals surface area contributed by atoms with Gasteiger partial charge < -0.3 is 9.84 Å². The van der Waals surface area contributed by atoms with Gasteiger partial charge in [-0.1, -0.05) is 30.3 Å². The highest BCUT2D eigenvalue weighted by atomic mass is 32.1. The van der Waals surface area contributed by atoms with Crippen LogP contribution >= 0.6 is 11.3 Å². The van der Waals surface area contributed by atoms with Crippen LogP contribution in [0.4, 0.5) is 0 Å². The molecular weight excluding hydrogens is 298 g/mol. The molecule has 0 amide bonds. The zero-order valence-electron chi connectivity index (χ0n) is 11.6. The Labute approximate surface area is 131 Å². The Balaban J connectivity index is 1.65. The number of carboxylic acids is 1. The first-order valence-electron chi connectivity index (χ1n) is 6.68. The van der Waals surface area contributed by atoms with Gasteiger partial charge in [-0.2, -0.15) is 0 Å². The molecule has 4 nitrogen and oxygen atoms in total. The van der Waals surface area contributed by atoms with Crippen LogP contribution in [0, 0.1) is 0 Å². The van der Waals surface area contributed by atoms with Gasteiger partial charge in [-0.25, -0.2) is 9.78 Å². The molecule has 1 N–H and O–H groups in total. The first kappa shape index (κ1) is 14.3. The van der Waals surface area contributed by atoms with Crippen LogP contribution in [0.25, 0.3) is 11.3 Å². The molecule has 1 aromatic heterocycles. The Morgan fingerprint density at radius 3 is 2.50 bits per heavy atom. The molecule has 5 heteroatoms. The first-order valence-corrected chi connectivity index (χ1v) is 7.56. The zero-order valence-corrected chi connectivity index (χ0v) is 12.4. The molecule has 0 atom stereocenters. The van der Waals surface area contributed by atoms with Crippen molar-refractivity contribution in [1.82, 2.24) is 4.98 Å². The molecule has 0 saturated carbocycles. The van der Waals surface area contributed by atoms with E-state index < -0.39 is 5.97 Å². The van der Waals surface area contributed by atoms with E-state index in [1.165, 1.54) is 12.1 Å². The summed E-state index contributed by atoms with van der Waals surface area (Å²) in [6, 6.07) is 16.3. The lowest BCUT2D eigenvalue weighted by molar-refractivity contribution is 0.0697. The lowest BCUT2D eigenvalue weighted by Crippen LogP contribution is -1.97. The number of aromatic nitrogens is 1. The predicted molar refractivity (Wildman–Crippen MR) is 85.3 cm³/mol. The Morgan fingerprint density at radius 2 is 1.82 bits per heavy atom. The summed E-state index contributed by atoms with van der Waals surface area (Å²) in [5.74, 6) is -0.319. The van der Waals surface area contributed by atoms with Crippen molar-refractivity contribution in [2.24, 2.45) is 0 Å². The van der Waals surface area contributed by atoms with E-state index in [1.807, 2.05) is 35.7 Å². The number of benzene rings is 2. The number of carboxylic acid groups (broad SMARTS) is 1. The molecule has 0 aliphatic rings. The van der Waals surface area contributed by atoms with E-state index >= 15 is 0 Å². The summed E-state index contributed by atoms with van der Waals surface area (Å²) >= 11 is 1.54. The van der Waals surface area contributed by atoms with Crippen molar-refractivity contribution in [3.63, 3.8) is 0 Å². The van der Waals surface area contributed by atoms with Crippen molar-refractivity contribution >= 4 is 17.3 Å². The standard InChI is InChI=1S/C17H13NO3S/c19-17(20)13-6-8-14(9-7-13)21-10-16-18-15(11-22-16)12-4-2-1-3-5-12/h1-9,11H,10H2,(H,19,20). The van der Waals surface area contributed by atoms with Crippen LogP contribution in [-0.4, -0.2) is 16.1 Å². The molecule has 22 heavy (non-hydrogen) atoms. The maximum atomic E-state index is 10.8. The largest absolute Gasteiger partial charge is 0.486 e. The molecule has 0 aliphatic carbocycles. The molecule has 3 rings (SSSR count). The molecule has 0 aliphatic heterocycles. The van der Waals surface area contributed by atoms with Crippen LogP contribution in [0.15, 0.2) is 60.0 Å². The molecule has 0 fully saturated rings. The van der Waals surface area contributed by atoms with Crippen LogP contribution in [-0.2, 0) is 6.61 Å². The normalized spacial score (nSPS) is 10.4. The van der Waals surface area contributed by atoms with Crippen molar-refractivity contribution in [2.75, 3.05) is 0 Å². The number of carbonyl (C=O) groups is 1. The van der Waals surface area contributed by atoms with Crippen LogP contribution in [0.1, 0.15) is 15.4 Å². The molecule has 110 valence electrons. The second-order valence-electron chi connectivity index (χ2n) is 4.61. The molecule has 0 saturated heterocycles. The number of nitrogens with zero attached hydrogens (tertiary/aromatic N) is 1. The van der Waals surface area contributed by atoms with Gasteiger partial charge in [0.15, 0.2) is 0 Å². The van der Waals surface area contributed by atoms with Gasteiger partial charge in [-0.15, -0.1) is 11.3 Å². The molecule has 3 aromatic rings. The van der Waals surface area contributed by atoms with E-state index in [4.69, 9.17) is 9.84 Å². The Kier molecular flexibility index (Phi) is 4.16. The molecule has 1 heterocycles. The fourth-order valence-electron chi connectivity index (χ4n) is 1.96. The highest BCUT2D eigenvalue weighted by molar-refractivity contribution is 7.09. The van der Waals surface area contributed by atoms with Crippen molar-refractivity contribution in [1.29, 1.82) is 0 Å². The van der Waals surface area contributed by atoms with Crippen LogP contribution < -0.4 is 4.74 Å². The summed E-state index contributed by atoms with van der Waals surface area (Å²) in [4.78, 5) is 15.3. The average molecular weight is 311 g/mol. The third kappa shape index (κ3) is 3.32. The van der Waals surface area contributed by atoms with E-state index in [0.717, 1.165) is 16.3 Å². The Morgan fingerprint density at radius 1 is 1.09 bits per heavy atom. The zero-order chi connectivity index (χ0) is 15.4. The number of rotatable bonds is 5. The smallest absolute Gasteiger partial charge is 0.335 e. The van der Waals surface area contributed by atoms with Gasteiger partial charge in [0.25, 0.3) is 0 Å². The first-order chi connectivity index (χ1) is 10.7. The molecule has 0 spiro atoms. The quantitative estimate of drug-likeness (QED) is 0.771. The van der Waals surface area contributed by atoms with Gasteiger partial charge in [-0.3, -0.25) is 0 Å². The maximum absolute atomic E-state index is 10.8. The monoisotopic (exact) mass is 311 g/mol. The molecule has 2 aromatic carbocycles. The SMILES string of the molecule is O=C(O)c1ccc(OCc2nc(-c3ccccc3)cs2)cc1. The second kappa shape index (κ2) is 6.41. The van der Waals surface area contributed by atoms with Crippen molar-refractivity contribution < 1.29 is 14.6 Å². The van der Waals surface area contributed by atoms with Crippen LogP contribution in [0.3, 0.4) is 0 Å². The van der Waals surface area contributed by atoms with E-state index in [1.54, 1.807) is 23.5 Å².